The summed E-state index contributed by atoms with van der Waals surface area (Å²) in [6.45, 7) is 0. The van der Waals surface area contributed by atoms with E-state index in [0.29, 0.717) is 17.5 Å². The zero-order valence-electron chi connectivity index (χ0n) is 14.5. The van der Waals surface area contributed by atoms with Crippen molar-refractivity contribution >= 4 is 34.0 Å². The summed E-state index contributed by atoms with van der Waals surface area (Å²) in [4.78, 5) is 13.0. The van der Waals surface area contributed by atoms with Crippen LogP contribution in [0.25, 0.3) is 10.9 Å². The summed E-state index contributed by atoms with van der Waals surface area (Å²) in [7, 11) is 1.42. The van der Waals surface area contributed by atoms with E-state index >= 15 is 0 Å². The first-order chi connectivity index (χ1) is 13.2. The first-order valence-corrected chi connectivity index (χ1v) is 8.27. The Labute approximate surface area is 155 Å². The summed E-state index contributed by atoms with van der Waals surface area (Å²) < 4.78 is 18.7. The lowest BCUT2D eigenvalue weighted by Crippen LogP contribution is -2.01. The van der Waals surface area contributed by atoms with Gasteiger partial charge >= 0.3 is 0 Å². The SMILES string of the molecule is COc1ccc(Nc2nccc(Nc3cnc4ccccc4c3)n2)cc1F. The third kappa shape index (κ3) is 3.77. The van der Waals surface area contributed by atoms with Crippen molar-refractivity contribution in [2.75, 3.05) is 17.7 Å². The number of pyridine rings is 1. The molecule has 6 nitrogen and oxygen atoms in total. The molecule has 7 heteroatoms. The molecule has 0 bridgehead atoms. The van der Waals surface area contributed by atoms with Gasteiger partial charge in [0.1, 0.15) is 5.82 Å². The van der Waals surface area contributed by atoms with Crippen molar-refractivity contribution in [1.82, 2.24) is 15.0 Å². The Morgan fingerprint density at radius 3 is 2.67 bits per heavy atom. The molecule has 27 heavy (non-hydrogen) atoms. The number of nitrogens with one attached hydrogen (secondary N) is 2. The molecule has 0 aliphatic rings. The highest BCUT2D eigenvalue weighted by molar-refractivity contribution is 5.82. The minimum atomic E-state index is -0.459. The highest BCUT2D eigenvalue weighted by Crippen LogP contribution is 2.23. The second-order valence-corrected chi connectivity index (χ2v) is 5.78. The Kier molecular flexibility index (Phi) is 4.49. The number of rotatable bonds is 5. The van der Waals surface area contributed by atoms with Crippen LogP contribution in [0.1, 0.15) is 0 Å². The predicted octanol–water partition coefficient (Wildman–Crippen LogP) is 4.66. The van der Waals surface area contributed by atoms with Crippen LogP contribution in [0, 0.1) is 5.82 Å². The molecule has 2 N–H and O–H groups in total. The van der Waals surface area contributed by atoms with E-state index in [1.807, 2.05) is 30.3 Å². The molecule has 2 aromatic carbocycles. The maximum absolute atomic E-state index is 13.8. The quantitative estimate of drug-likeness (QED) is 0.539. The van der Waals surface area contributed by atoms with Gasteiger partial charge in [-0.1, -0.05) is 18.2 Å². The van der Waals surface area contributed by atoms with E-state index in [4.69, 9.17) is 4.74 Å². The minimum absolute atomic E-state index is 0.181. The zero-order chi connectivity index (χ0) is 18.6. The molecule has 0 saturated heterocycles. The number of ether oxygens (including phenoxy) is 1. The number of nitrogens with zero attached hydrogens (tertiary/aromatic N) is 3. The van der Waals surface area contributed by atoms with Crippen LogP contribution < -0.4 is 15.4 Å². The Balaban J connectivity index is 1.54. The van der Waals surface area contributed by atoms with Crippen molar-refractivity contribution in [1.29, 1.82) is 0 Å². The summed E-state index contributed by atoms with van der Waals surface area (Å²) in [5.74, 6) is 0.664. The van der Waals surface area contributed by atoms with Gasteiger partial charge in [-0.25, -0.2) is 9.37 Å². The number of anilines is 4. The zero-order valence-corrected chi connectivity index (χ0v) is 14.5. The monoisotopic (exact) mass is 361 g/mol. The van der Waals surface area contributed by atoms with E-state index in [-0.39, 0.29) is 5.75 Å². The van der Waals surface area contributed by atoms with E-state index in [9.17, 15) is 4.39 Å². The van der Waals surface area contributed by atoms with Crippen LogP contribution in [0.15, 0.2) is 67.0 Å². The van der Waals surface area contributed by atoms with Gasteiger partial charge in [-0.2, -0.15) is 4.98 Å². The van der Waals surface area contributed by atoms with Gasteiger partial charge in [0.05, 0.1) is 24.5 Å². The van der Waals surface area contributed by atoms with E-state index in [1.54, 1.807) is 30.6 Å². The van der Waals surface area contributed by atoms with Gasteiger partial charge in [0.2, 0.25) is 5.95 Å². The summed E-state index contributed by atoms with van der Waals surface area (Å²) in [6, 6.07) is 16.2. The molecule has 4 rings (SSSR count). The van der Waals surface area contributed by atoms with E-state index in [2.05, 4.69) is 25.6 Å². The van der Waals surface area contributed by atoms with Crippen LogP contribution in [0.5, 0.6) is 5.75 Å². The Bertz CT molecular complexity index is 1100. The number of benzene rings is 2. The maximum Gasteiger partial charge on any atom is 0.229 e. The fraction of sp³-hybridized carbons (Fsp3) is 0.0500. The molecular formula is C20H16FN5O. The molecule has 4 aromatic rings. The maximum atomic E-state index is 13.8. The van der Waals surface area contributed by atoms with Crippen molar-refractivity contribution in [3.05, 3.63) is 72.8 Å². The minimum Gasteiger partial charge on any atom is -0.494 e. The first kappa shape index (κ1) is 16.7. The van der Waals surface area contributed by atoms with Crippen LogP contribution in [-0.2, 0) is 0 Å². The van der Waals surface area contributed by atoms with Crippen LogP contribution in [0.2, 0.25) is 0 Å². The molecule has 2 heterocycles. The molecule has 0 aliphatic carbocycles. The molecule has 0 saturated carbocycles. The molecule has 0 radical (unpaired) electrons. The van der Waals surface area contributed by atoms with Gasteiger partial charge in [-0.05, 0) is 30.3 Å². The summed E-state index contributed by atoms with van der Waals surface area (Å²) in [5.41, 5.74) is 2.27. The van der Waals surface area contributed by atoms with Crippen molar-refractivity contribution < 1.29 is 9.13 Å². The largest absolute Gasteiger partial charge is 0.494 e. The van der Waals surface area contributed by atoms with Gasteiger partial charge in [0, 0.05) is 23.3 Å². The highest BCUT2D eigenvalue weighted by Gasteiger charge is 2.06. The van der Waals surface area contributed by atoms with Crippen molar-refractivity contribution in [3.63, 3.8) is 0 Å². The fourth-order valence-corrected chi connectivity index (χ4v) is 2.65. The summed E-state index contributed by atoms with van der Waals surface area (Å²) >= 11 is 0. The molecule has 0 spiro atoms. The second-order valence-electron chi connectivity index (χ2n) is 5.78. The summed E-state index contributed by atoms with van der Waals surface area (Å²) in [6.07, 6.45) is 3.36. The number of fused-ring (bicyclic) bond motifs is 1. The lowest BCUT2D eigenvalue weighted by molar-refractivity contribution is 0.386. The Hall–Kier alpha value is -3.74. The number of para-hydroxylation sites is 1. The van der Waals surface area contributed by atoms with Gasteiger partial charge < -0.3 is 15.4 Å². The van der Waals surface area contributed by atoms with Gasteiger partial charge in [-0.3, -0.25) is 4.98 Å². The molecule has 0 atom stereocenters. The van der Waals surface area contributed by atoms with Crippen LogP contribution in [0.4, 0.5) is 27.5 Å². The van der Waals surface area contributed by atoms with Gasteiger partial charge in [-0.15, -0.1) is 0 Å². The van der Waals surface area contributed by atoms with E-state index < -0.39 is 5.82 Å². The van der Waals surface area contributed by atoms with E-state index in [1.165, 1.54) is 13.2 Å². The number of hydrogen-bond donors (Lipinski definition) is 2. The van der Waals surface area contributed by atoms with Crippen molar-refractivity contribution in [3.8, 4) is 5.75 Å². The molecule has 0 aliphatic heterocycles. The molecule has 2 aromatic heterocycles. The second kappa shape index (κ2) is 7.25. The number of methoxy groups -OCH3 is 1. The lowest BCUT2D eigenvalue weighted by atomic mass is 10.2. The number of aromatic nitrogens is 3. The molecule has 134 valence electrons. The van der Waals surface area contributed by atoms with Crippen LogP contribution in [-0.4, -0.2) is 22.1 Å². The fourth-order valence-electron chi connectivity index (χ4n) is 2.65. The Morgan fingerprint density at radius 2 is 1.81 bits per heavy atom. The molecule has 0 fully saturated rings. The highest BCUT2D eigenvalue weighted by atomic mass is 19.1. The lowest BCUT2D eigenvalue weighted by Gasteiger charge is -2.10. The Morgan fingerprint density at radius 1 is 0.926 bits per heavy atom. The average Bonchev–Trinajstić information content (AvgIpc) is 2.68. The third-order valence-electron chi connectivity index (χ3n) is 3.93. The summed E-state index contributed by atoms with van der Waals surface area (Å²) in [5, 5.41) is 7.21. The average molecular weight is 361 g/mol. The molecular weight excluding hydrogens is 345 g/mol. The van der Waals surface area contributed by atoms with Crippen molar-refractivity contribution in [2.24, 2.45) is 0 Å². The van der Waals surface area contributed by atoms with Crippen LogP contribution in [0.3, 0.4) is 0 Å². The predicted molar refractivity (Wildman–Crippen MR) is 103 cm³/mol. The van der Waals surface area contributed by atoms with E-state index in [0.717, 1.165) is 16.6 Å². The number of halogens is 1. The molecule has 0 unspecified atom stereocenters. The van der Waals surface area contributed by atoms with Gasteiger partial charge in [0.15, 0.2) is 11.6 Å². The first-order valence-electron chi connectivity index (χ1n) is 8.27. The van der Waals surface area contributed by atoms with Crippen LogP contribution >= 0.6 is 0 Å². The smallest absolute Gasteiger partial charge is 0.229 e. The van der Waals surface area contributed by atoms with Gasteiger partial charge in [0.25, 0.3) is 0 Å². The molecule has 0 amide bonds. The standard InChI is InChI=1S/C20H16FN5O/c1-27-18-7-6-14(11-16(18)21)25-20-22-9-8-19(26-20)24-15-10-13-4-2-3-5-17(13)23-12-15/h2-12H,1H3,(H2,22,24,25,26). The topological polar surface area (TPSA) is 72.0 Å². The third-order valence-corrected chi connectivity index (χ3v) is 3.93. The van der Waals surface area contributed by atoms with Crippen molar-refractivity contribution in [2.45, 2.75) is 0 Å². The normalized spacial score (nSPS) is 10.6. The number of hydrogen-bond acceptors (Lipinski definition) is 6.